The predicted molar refractivity (Wildman–Crippen MR) is 358 cm³/mol. The molecule has 26 heteroatoms. The zero-order valence-electron chi connectivity index (χ0n) is 53.9. The van der Waals surface area contributed by atoms with E-state index in [1.165, 1.54) is 48.4 Å². The quantitative estimate of drug-likeness (QED) is 0.0530. The first-order valence-electron chi connectivity index (χ1n) is 29.7. The van der Waals surface area contributed by atoms with Crippen LogP contribution < -0.4 is 19.5 Å². The molecule has 8 heterocycles. The van der Waals surface area contributed by atoms with E-state index in [0.29, 0.717) is 37.2 Å². The molecule has 496 valence electrons. The van der Waals surface area contributed by atoms with Gasteiger partial charge < -0.3 is 24.2 Å². The molecule has 20 nitrogen and oxygen atoms in total. The Bertz CT molecular complexity index is 4850. The van der Waals surface area contributed by atoms with Crippen LogP contribution in [0, 0.1) is 51.4 Å². The number of nitrogens with one attached hydrogen (secondary N) is 1. The largest absolute Gasteiger partial charge is 0.506 e. The van der Waals surface area contributed by atoms with E-state index in [0.717, 1.165) is 17.2 Å². The fraction of sp³-hybridized carbons (Fsp3) is 0.225. The van der Waals surface area contributed by atoms with Gasteiger partial charge in [-0.15, -0.1) is 0 Å². The lowest BCUT2D eigenvalue weighted by atomic mass is 9.85. The molecule has 0 bridgehead atoms. The minimum Gasteiger partial charge on any atom is -0.506 e. The van der Waals surface area contributed by atoms with Crippen molar-refractivity contribution in [2.75, 3.05) is 13.7 Å². The summed E-state index contributed by atoms with van der Waals surface area (Å²) in [6.07, 6.45) is 9.95. The van der Waals surface area contributed by atoms with Gasteiger partial charge >= 0.3 is 11.9 Å². The number of imide groups is 1. The van der Waals surface area contributed by atoms with E-state index in [1.807, 2.05) is 6.20 Å². The summed E-state index contributed by atoms with van der Waals surface area (Å²) in [6.45, 7) is 10.0. The van der Waals surface area contributed by atoms with Crippen molar-refractivity contribution in [3.05, 3.63) is 189 Å². The van der Waals surface area contributed by atoms with Gasteiger partial charge in [0.2, 0.25) is 11.8 Å². The Labute approximate surface area is 570 Å². The number of methoxy groups -OCH3 is 1. The van der Waals surface area contributed by atoms with Crippen LogP contribution >= 0.6 is 31.9 Å². The van der Waals surface area contributed by atoms with Gasteiger partial charge in [-0.05, 0) is 144 Å². The Morgan fingerprint density at radius 2 is 1.05 bits per heavy atom. The molecule has 12 rings (SSSR count). The van der Waals surface area contributed by atoms with Gasteiger partial charge in [0, 0.05) is 101 Å². The number of aryl methyl sites for hydroxylation is 3. The molecular weight excluding hydrogens is 1390 g/mol. The molecule has 2 aliphatic heterocycles. The van der Waals surface area contributed by atoms with E-state index < -0.39 is 69.2 Å². The van der Waals surface area contributed by atoms with E-state index in [-0.39, 0.29) is 87.4 Å². The fourth-order valence-corrected chi connectivity index (χ4v) is 10.7. The lowest BCUT2D eigenvalue weighted by molar-refractivity contribution is -0.143. The summed E-state index contributed by atoms with van der Waals surface area (Å²) in [5.41, 5.74) is 2.21. The van der Waals surface area contributed by atoms with Crippen molar-refractivity contribution < 1.29 is 60.9 Å². The third-order valence-corrected chi connectivity index (χ3v) is 16.1. The highest BCUT2D eigenvalue weighted by Crippen LogP contribution is 2.40. The Morgan fingerprint density at radius 3 is 1.47 bits per heavy atom. The lowest BCUT2D eigenvalue weighted by Gasteiger charge is -2.25. The summed E-state index contributed by atoms with van der Waals surface area (Å²) in [7, 11) is 6.64. The Hall–Kier alpha value is -10.7. The molecule has 0 unspecified atom stereocenters. The number of aromatic nitrogens is 9. The second-order valence-electron chi connectivity index (χ2n) is 24.7. The molecule has 4 aromatic carbocycles. The van der Waals surface area contributed by atoms with Crippen molar-refractivity contribution in [3.63, 3.8) is 0 Å². The molecule has 0 aliphatic carbocycles. The first-order valence-corrected chi connectivity index (χ1v) is 31.3. The molecule has 0 spiro atoms. The second kappa shape index (κ2) is 28.0. The van der Waals surface area contributed by atoms with Crippen LogP contribution in [-0.4, -0.2) is 97.6 Å². The number of esters is 2. The first kappa shape index (κ1) is 69.2. The predicted octanol–water partition coefficient (Wildman–Crippen LogP) is 13.2. The van der Waals surface area contributed by atoms with Crippen LogP contribution in [0.25, 0.3) is 67.5 Å². The number of aromatic hydroxyl groups is 1. The summed E-state index contributed by atoms with van der Waals surface area (Å²) in [4.78, 5) is 78.6. The monoisotopic (exact) mass is 1450 g/mol. The average Bonchev–Trinajstić information content (AvgIpc) is 1.66. The van der Waals surface area contributed by atoms with Gasteiger partial charge in [-0.2, -0.15) is 15.3 Å². The third-order valence-electron chi connectivity index (χ3n) is 15.2. The van der Waals surface area contributed by atoms with Crippen LogP contribution in [0.1, 0.15) is 69.4 Å². The minimum absolute atomic E-state index is 0.00344. The molecule has 1 fully saturated rings. The number of amides is 3. The van der Waals surface area contributed by atoms with Gasteiger partial charge in [-0.25, -0.2) is 32.5 Å². The zero-order chi connectivity index (χ0) is 70.0. The molecule has 10 aromatic rings. The Morgan fingerprint density at radius 1 is 0.608 bits per heavy atom. The molecule has 0 radical (unpaired) electrons. The molecular formula is C71H61Br2F4N11O9. The highest BCUT2D eigenvalue weighted by Gasteiger charge is 2.49. The Balaban J connectivity index is 0.000000177. The van der Waals surface area contributed by atoms with Crippen LogP contribution in [0.3, 0.4) is 0 Å². The van der Waals surface area contributed by atoms with E-state index >= 15 is 4.39 Å². The maximum Gasteiger partial charge on any atom is 0.316 e. The number of halogens is 6. The smallest absolute Gasteiger partial charge is 0.316 e. The number of benzene rings is 4. The van der Waals surface area contributed by atoms with Gasteiger partial charge in [0.1, 0.15) is 45.7 Å². The maximum absolute atomic E-state index is 15.9. The van der Waals surface area contributed by atoms with Gasteiger partial charge in [0.25, 0.3) is 5.91 Å². The Kier molecular flexibility index (Phi) is 19.9. The lowest BCUT2D eigenvalue weighted by Crippen LogP contribution is -2.42. The second-order valence-corrected chi connectivity index (χ2v) is 26.6. The molecule has 1 atom stereocenters. The van der Waals surface area contributed by atoms with Crippen molar-refractivity contribution in [2.24, 2.45) is 37.4 Å². The van der Waals surface area contributed by atoms with Crippen LogP contribution in [-0.2, 0) is 46.9 Å². The molecule has 2 aliphatic rings. The zero-order valence-corrected chi connectivity index (χ0v) is 57.0. The molecule has 3 amide bonds. The van der Waals surface area contributed by atoms with Gasteiger partial charge in [-0.1, -0.05) is 49.8 Å². The van der Waals surface area contributed by atoms with Crippen molar-refractivity contribution in [2.45, 2.75) is 54.5 Å². The molecule has 97 heavy (non-hydrogen) atoms. The van der Waals surface area contributed by atoms with E-state index in [2.05, 4.69) is 79.3 Å². The van der Waals surface area contributed by atoms with Crippen LogP contribution in [0.4, 0.5) is 17.6 Å². The van der Waals surface area contributed by atoms with E-state index in [9.17, 15) is 42.3 Å². The number of carbonyl (C=O) groups excluding carboxylic acids is 5. The number of pyridine rings is 3. The minimum atomic E-state index is -1.67. The van der Waals surface area contributed by atoms with Crippen molar-refractivity contribution in [1.29, 1.82) is 0 Å². The molecule has 6 aromatic heterocycles. The molecule has 0 saturated carbocycles. The number of fused-ring (bicyclic) bond motifs is 1. The van der Waals surface area contributed by atoms with Gasteiger partial charge in [-0.3, -0.25) is 43.3 Å². The average molecular weight is 1450 g/mol. The number of carbonyl (C=O) groups is 5. The standard InChI is InChI=1S/C36H31F2N5O6.C20H19BrFN3O2.C15H11BrFN3O/c1-35(2,3)34(47)49-27-11-9-25(22-16-39-42(4)17-22)40-31(27)23-8-6-20(14-24(23)37)12-13-36(15-28(44)41-33(36)46)19-43-18-21-7-10-26(48-5)30(38)29(21)32(43)45;1-20(2,3)19(26)27-17-8-7-16(12-10-23-25(4)11-12)24-18(17)14-6-5-13(21)9-15(14)22;1-20-8-9(7-18-20)13-4-5-14(21)15(19-13)11-3-2-10(16)6-12(11)17/h6-11,14,16-17H,15,18-19H2,1-5H3,(H,41,44,46);5-11H,1-4H3;2-8,21H,1H3/t36-;;/m1../s1. The van der Waals surface area contributed by atoms with E-state index in [4.69, 9.17) is 14.2 Å². The van der Waals surface area contributed by atoms with Crippen molar-refractivity contribution >= 4 is 61.5 Å². The van der Waals surface area contributed by atoms with E-state index in [1.54, 1.807) is 168 Å². The topological polar surface area (TPSA) is 241 Å². The number of ether oxygens (including phenoxy) is 3. The third kappa shape index (κ3) is 15.5. The maximum atomic E-state index is 15.9. The number of rotatable bonds is 11. The van der Waals surface area contributed by atoms with Gasteiger partial charge in [0.05, 0.1) is 65.6 Å². The molecule has 2 N–H and O–H groups in total. The normalized spacial score (nSPS) is 14.1. The molecule has 1 saturated heterocycles. The fourth-order valence-electron chi connectivity index (χ4n) is 10.0. The van der Waals surface area contributed by atoms with Crippen molar-refractivity contribution in [3.8, 4) is 102 Å². The van der Waals surface area contributed by atoms with Crippen LogP contribution in [0.2, 0.25) is 0 Å². The number of nitrogens with zero attached hydrogens (tertiary/aromatic N) is 10. The van der Waals surface area contributed by atoms with Gasteiger partial charge in [0.15, 0.2) is 23.1 Å². The number of hydrogen-bond donors (Lipinski definition) is 2. The summed E-state index contributed by atoms with van der Waals surface area (Å²) in [5, 5.41) is 24.6. The summed E-state index contributed by atoms with van der Waals surface area (Å²) >= 11 is 6.46. The van der Waals surface area contributed by atoms with Crippen LogP contribution in [0.15, 0.2) is 149 Å². The SMILES string of the molecule is COc1ccc2c(c1F)C(=O)N(C[C@@]1(C#Cc3ccc(-c4nc(-c5cnn(C)c5)ccc4OC(=O)C(C)(C)C)c(F)c3)CC(=O)NC1=O)C2.Cn1cc(-c2ccc(O)c(-c3ccc(Br)cc3F)n2)cn1.Cn1cc(-c2ccc(OC(=O)C(C)(C)C)c(-c3ccc(Br)cc3F)n2)cn1. The van der Waals surface area contributed by atoms with Crippen LogP contribution in [0.5, 0.6) is 23.0 Å². The highest BCUT2D eigenvalue weighted by atomic mass is 79.9. The van der Waals surface area contributed by atoms with Crippen molar-refractivity contribution in [1.82, 2.24) is 54.5 Å². The number of hydrogen-bond acceptors (Lipinski definition) is 15. The summed E-state index contributed by atoms with van der Waals surface area (Å²) < 4.78 is 81.9. The summed E-state index contributed by atoms with van der Waals surface area (Å²) in [6, 6.07) is 26.0. The highest BCUT2D eigenvalue weighted by molar-refractivity contribution is 9.10. The summed E-state index contributed by atoms with van der Waals surface area (Å²) in [5.74, 6) is 0.314. The first-order chi connectivity index (χ1) is 45.9.